The molecule has 0 saturated carbocycles. The van der Waals surface area contributed by atoms with E-state index in [1.165, 1.54) is 11.6 Å². The molecule has 0 aromatic heterocycles. The van der Waals surface area contributed by atoms with Crippen LogP contribution in [0.5, 0.6) is 0 Å². The van der Waals surface area contributed by atoms with Gasteiger partial charge < -0.3 is 5.32 Å². The highest BCUT2D eigenvalue weighted by atomic mass is 32.3. The molecule has 0 atom stereocenters. The summed E-state index contributed by atoms with van der Waals surface area (Å²) in [5.41, 5.74) is 0. The van der Waals surface area contributed by atoms with Gasteiger partial charge in [-0.3, -0.25) is 9.11 Å². The first kappa shape index (κ1) is 6.67. The molecule has 4 heteroatoms. The monoisotopic (exact) mass is 147 g/mol. The zero-order valence-electron chi connectivity index (χ0n) is 5.03. The maximum Gasteiger partial charge on any atom is 0.0534 e. The third-order valence-corrected chi connectivity index (χ3v) is 2.70. The SMILES string of the molecule is CC1=CNC=CS1(O)O. The van der Waals surface area contributed by atoms with Crippen LogP contribution in [0.1, 0.15) is 6.92 Å². The molecule has 0 bridgehead atoms. The van der Waals surface area contributed by atoms with Gasteiger partial charge in [-0.05, 0) is 6.92 Å². The molecule has 52 valence electrons. The molecule has 0 spiro atoms. The Morgan fingerprint density at radius 1 is 1.56 bits per heavy atom. The van der Waals surface area contributed by atoms with Gasteiger partial charge >= 0.3 is 0 Å². The molecule has 0 fully saturated rings. The fourth-order valence-electron chi connectivity index (χ4n) is 0.494. The van der Waals surface area contributed by atoms with Crippen LogP contribution in [0.4, 0.5) is 0 Å². The summed E-state index contributed by atoms with van der Waals surface area (Å²) in [6, 6.07) is 0. The summed E-state index contributed by atoms with van der Waals surface area (Å²) in [5.74, 6) is 0. The van der Waals surface area contributed by atoms with Crippen LogP contribution in [0.25, 0.3) is 0 Å². The van der Waals surface area contributed by atoms with Crippen LogP contribution in [-0.4, -0.2) is 9.11 Å². The number of rotatable bonds is 0. The first-order valence-corrected chi connectivity index (χ1v) is 4.11. The van der Waals surface area contributed by atoms with Crippen molar-refractivity contribution in [2.75, 3.05) is 0 Å². The van der Waals surface area contributed by atoms with Gasteiger partial charge in [-0.2, -0.15) is 0 Å². The van der Waals surface area contributed by atoms with Crippen molar-refractivity contribution in [1.29, 1.82) is 0 Å². The Kier molecular flexibility index (Phi) is 1.52. The van der Waals surface area contributed by atoms with E-state index in [1.54, 1.807) is 13.1 Å². The second-order valence-electron chi connectivity index (χ2n) is 1.82. The highest BCUT2D eigenvalue weighted by Crippen LogP contribution is 2.49. The van der Waals surface area contributed by atoms with Crippen LogP contribution >= 0.6 is 10.6 Å². The van der Waals surface area contributed by atoms with Crippen LogP contribution in [0.3, 0.4) is 0 Å². The topological polar surface area (TPSA) is 52.5 Å². The van der Waals surface area contributed by atoms with E-state index in [0.717, 1.165) is 0 Å². The van der Waals surface area contributed by atoms with Crippen molar-refractivity contribution in [3.05, 3.63) is 22.7 Å². The number of hydrogen-bond acceptors (Lipinski definition) is 3. The van der Waals surface area contributed by atoms with Gasteiger partial charge in [0.1, 0.15) is 0 Å². The number of nitrogens with one attached hydrogen (secondary N) is 1. The molecule has 0 aliphatic carbocycles. The average molecular weight is 147 g/mol. The summed E-state index contributed by atoms with van der Waals surface area (Å²) in [5, 5.41) is 4.11. The van der Waals surface area contributed by atoms with E-state index >= 15 is 0 Å². The zero-order chi connectivity index (χ0) is 6.91. The maximum atomic E-state index is 9.09. The van der Waals surface area contributed by atoms with Gasteiger partial charge in [0.15, 0.2) is 0 Å². The minimum Gasteiger partial charge on any atom is -0.365 e. The molecular weight excluding hydrogens is 138 g/mol. The lowest BCUT2D eigenvalue weighted by molar-refractivity contribution is 0.506. The maximum absolute atomic E-state index is 9.09. The summed E-state index contributed by atoms with van der Waals surface area (Å²) < 4.78 is 18.2. The van der Waals surface area contributed by atoms with Crippen LogP contribution in [0, 0.1) is 0 Å². The third-order valence-electron chi connectivity index (χ3n) is 1.11. The van der Waals surface area contributed by atoms with Crippen LogP contribution in [0.15, 0.2) is 22.7 Å². The lowest BCUT2D eigenvalue weighted by Crippen LogP contribution is -2.06. The van der Waals surface area contributed by atoms with E-state index in [1.807, 2.05) is 0 Å². The molecule has 1 heterocycles. The Morgan fingerprint density at radius 3 is 2.56 bits per heavy atom. The molecule has 3 nitrogen and oxygen atoms in total. The van der Waals surface area contributed by atoms with E-state index in [-0.39, 0.29) is 0 Å². The highest BCUT2D eigenvalue weighted by Gasteiger charge is 2.11. The van der Waals surface area contributed by atoms with Crippen molar-refractivity contribution in [3.8, 4) is 0 Å². The van der Waals surface area contributed by atoms with E-state index in [2.05, 4.69) is 5.32 Å². The molecule has 9 heavy (non-hydrogen) atoms. The summed E-state index contributed by atoms with van der Waals surface area (Å²) >= 11 is 0. The molecule has 0 aromatic rings. The molecule has 0 aromatic carbocycles. The van der Waals surface area contributed by atoms with Crippen LogP contribution in [0.2, 0.25) is 0 Å². The van der Waals surface area contributed by atoms with E-state index in [9.17, 15) is 0 Å². The van der Waals surface area contributed by atoms with Gasteiger partial charge in [-0.25, -0.2) is 0 Å². The summed E-state index contributed by atoms with van der Waals surface area (Å²) in [4.78, 5) is 0.574. The molecule has 0 saturated heterocycles. The smallest absolute Gasteiger partial charge is 0.0534 e. The van der Waals surface area contributed by atoms with Gasteiger partial charge in [-0.1, -0.05) is 0 Å². The minimum atomic E-state index is -2.54. The molecule has 0 unspecified atom stereocenters. The molecule has 0 radical (unpaired) electrons. The van der Waals surface area contributed by atoms with Crippen molar-refractivity contribution in [3.63, 3.8) is 0 Å². The summed E-state index contributed by atoms with van der Waals surface area (Å²) in [6.45, 7) is 1.67. The van der Waals surface area contributed by atoms with Gasteiger partial charge in [0, 0.05) is 17.8 Å². The summed E-state index contributed by atoms with van der Waals surface area (Å²) in [6.07, 6.45) is 3.09. The Morgan fingerprint density at radius 2 is 2.22 bits per heavy atom. The van der Waals surface area contributed by atoms with Crippen molar-refractivity contribution in [1.82, 2.24) is 5.32 Å². The third kappa shape index (κ3) is 1.27. The minimum absolute atomic E-state index is 0.574. The van der Waals surface area contributed by atoms with Gasteiger partial charge in [-0.15, -0.1) is 10.6 Å². The van der Waals surface area contributed by atoms with E-state index in [4.69, 9.17) is 9.11 Å². The average Bonchev–Trinajstić information content (AvgIpc) is 1.77. The summed E-state index contributed by atoms with van der Waals surface area (Å²) in [7, 11) is -2.54. The molecule has 0 amide bonds. The predicted molar refractivity (Wildman–Crippen MR) is 38.9 cm³/mol. The molecular formula is C5H9NO2S. The van der Waals surface area contributed by atoms with Gasteiger partial charge in [0.25, 0.3) is 0 Å². The molecule has 1 aliphatic rings. The second-order valence-corrected chi connectivity index (χ2v) is 3.92. The highest BCUT2D eigenvalue weighted by molar-refractivity contribution is 8.30. The quantitative estimate of drug-likeness (QED) is 0.488. The lowest BCUT2D eigenvalue weighted by atomic mass is 10.7. The Labute approximate surface area is 55.4 Å². The van der Waals surface area contributed by atoms with Gasteiger partial charge in [0.05, 0.1) is 4.91 Å². The zero-order valence-corrected chi connectivity index (χ0v) is 5.85. The molecule has 3 N–H and O–H groups in total. The number of hydrogen-bond donors (Lipinski definition) is 3. The lowest BCUT2D eigenvalue weighted by Gasteiger charge is -2.30. The van der Waals surface area contributed by atoms with E-state index in [0.29, 0.717) is 4.91 Å². The standard InChI is InChI=1S/C5H9NO2S/c1-5-4-6-2-3-9(5,7)8/h2-4,6-8H,1H3. The van der Waals surface area contributed by atoms with Crippen molar-refractivity contribution in [2.45, 2.75) is 6.92 Å². The van der Waals surface area contributed by atoms with Crippen molar-refractivity contribution >= 4 is 10.6 Å². The van der Waals surface area contributed by atoms with Crippen molar-refractivity contribution in [2.24, 2.45) is 0 Å². The van der Waals surface area contributed by atoms with Crippen molar-refractivity contribution < 1.29 is 9.11 Å². The fourth-order valence-corrected chi connectivity index (χ4v) is 1.22. The first-order chi connectivity index (χ1) is 4.13. The normalized spacial score (nSPS) is 26.3. The fraction of sp³-hybridized carbons (Fsp3) is 0.200. The Bertz CT molecular complexity index is 174. The van der Waals surface area contributed by atoms with Crippen LogP contribution in [-0.2, 0) is 0 Å². The first-order valence-electron chi connectivity index (χ1n) is 2.50. The van der Waals surface area contributed by atoms with Gasteiger partial charge in [0.2, 0.25) is 0 Å². The van der Waals surface area contributed by atoms with E-state index < -0.39 is 10.6 Å². The number of allylic oxidation sites excluding steroid dienone is 1. The molecule has 1 aliphatic heterocycles. The Hall–Kier alpha value is -0.450. The predicted octanol–water partition coefficient (Wildman–Crippen LogP) is 1.67. The van der Waals surface area contributed by atoms with Crippen LogP contribution < -0.4 is 5.32 Å². The second kappa shape index (κ2) is 2.06. The molecule has 1 rings (SSSR count). The Balaban J connectivity index is 2.83. The largest absolute Gasteiger partial charge is 0.365 e.